The molecule has 0 spiro atoms. The minimum absolute atomic E-state index is 0.0115. The number of nitrogens with zero attached hydrogens (tertiary/aromatic N) is 5. The van der Waals surface area contributed by atoms with E-state index in [4.69, 9.17) is 10.00 Å². The van der Waals surface area contributed by atoms with Crippen LogP contribution in [0.5, 0.6) is 5.88 Å². The Morgan fingerprint density at radius 2 is 2.32 bits per heavy atom. The van der Waals surface area contributed by atoms with E-state index in [1.54, 1.807) is 30.1 Å². The molecular weight excluding hydrogens is 318 g/mol. The fourth-order valence-electron chi connectivity index (χ4n) is 3.12. The van der Waals surface area contributed by atoms with Gasteiger partial charge in [-0.1, -0.05) is 0 Å². The largest absolute Gasteiger partial charge is 0.477 e. The summed E-state index contributed by atoms with van der Waals surface area (Å²) in [5, 5.41) is 13.2. The van der Waals surface area contributed by atoms with Crippen LogP contribution in [0.2, 0.25) is 0 Å². The van der Waals surface area contributed by atoms with E-state index in [9.17, 15) is 4.79 Å². The van der Waals surface area contributed by atoms with Crippen molar-refractivity contribution in [3.05, 3.63) is 41.3 Å². The van der Waals surface area contributed by atoms with Crippen LogP contribution in [0.15, 0.2) is 24.4 Å². The Morgan fingerprint density at radius 3 is 3.04 bits per heavy atom. The standard InChI is InChI=1S/C18H21N5O2/c1-13-8-16(22(2)21-13)18(24)23-7-3-4-15(11-23)12-25-17-9-14(10-19)5-6-20-17/h5-6,8-9,15H,3-4,7,11-12H2,1-2H3. The van der Waals surface area contributed by atoms with Crippen LogP contribution in [0.3, 0.4) is 0 Å². The van der Waals surface area contributed by atoms with Crippen molar-refractivity contribution in [1.82, 2.24) is 19.7 Å². The average Bonchev–Trinajstić information content (AvgIpc) is 2.98. The molecule has 1 fully saturated rings. The smallest absolute Gasteiger partial charge is 0.272 e. The van der Waals surface area contributed by atoms with Crippen molar-refractivity contribution < 1.29 is 9.53 Å². The number of ether oxygens (including phenoxy) is 1. The highest BCUT2D eigenvalue weighted by atomic mass is 16.5. The molecule has 3 rings (SSSR count). The molecule has 2 aromatic heterocycles. The zero-order valence-corrected chi connectivity index (χ0v) is 14.5. The van der Waals surface area contributed by atoms with E-state index in [0.717, 1.165) is 25.1 Å². The zero-order chi connectivity index (χ0) is 17.8. The molecule has 3 heterocycles. The predicted molar refractivity (Wildman–Crippen MR) is 91.0 cm³/mol. The topological polar surface area (TPSA) is 84.0 Å². The van der Waals surface area contributed by atoms with Crippen LogP contribution >= 0.6 is 0 Å². The lowest BCUT2D eigenvalue weighted by molar-refractivity contribution is 0.0620. The van der Waals surface area contributed by atoms with Crippen molar-refractivity contribution in [2.24, 2.45) is 13.0 Å². The number of carbonyl (C=O) groups is 1. The van der Waals surface area contributed by atoms with E-state index in [-0.39, 0.29) is 11.8 Å². The van der Waals surface area contributed by atoms with Gasteiger partial charge in [-0.3, -0.25) is 9.48 Å². The highest BCUT2D eigenvalue weighted by Crippen LogP contribution is 2.20. The van der Waals surface area contributed by atoms with Crippen LogP contribution in [-0.4, -0.2) is 45.3 Å². The maximum Gasteiger partial charge on any atom is 0.272 e. The molecule has 0 radical (unpaired) electrons. The summed E-state index contributed by atoms with van der Waals surface area (Å²) >= 11 is 0. The zero-order valence-electron chi connectivity index (χ0n) is 14.5. The highest BCUT2D eigenvalue weighted by molar-refractivity contribution is 5.92. The van der Waals surface area contributed by atoms with Crippen molar-refractivity contribution >= 4 is 5.91 Å². The number of nitriles is 1. The second-order valence-electron chi connectivity index (χ2n) is 6.36. The van der Waals surface area contributed by atoms with Gasteiger partial charge >= 0.3 is 0 Å². The number of aryl methyl sites for hydroxylation is 2. The number of piperidine rings is 1. The summed E-state index contributed by atoms with van der Waals surface area (Å²) in [5.74, 6) is 0.710. The average molecular weight is 339 g/mol. The molecule has 0 aliphatic carbocycles. The molecule has 7 heteroatoms. The van der Waals surface area contributed by atoms with E-state index in [0.29, 0.717) is 30.3 Å². The van der Waals surface area contributed by atoms with Gasteiger partial charge in [-0.2, -0.15) is 10.4 Å². The lowest BCUT2D eigenvalue weighted by Gasteiger charge is -2.32. The van der Waals surface area contributed by atoms with Crippen LogP contribution in [-0.2, 0) is 7.05 Å². The minimum atomic E-state index is 0.0115. The summed E-state index contributed by atoms with van der Waals surface area (Å²) in [6, 6.07) is 7.16. The third kappa shape index (κ3) is 3.97. The third-order valence-electron chi connectivity index (χ3n) is 4.36. The maximum atomic E-state index is 12.7. The van der Waals surface area contributed by atoms with Gasteiger partial charge in [0.05, 0.1) is 23.9 Å². The molecule has 1 aliphatic heterocycles. The summed E-state index contributed by atoms with van der Waals surface area (Å²) in [7, 11) is 1.79. The van der Waals surface area contributed by atoms with Crippen molar-refractivity contribution in [1.29, 1.82) is 5.26 Å². The highest BCUT2D eigenvalue weighted by Gasteiger charge is 2.26. The van der Waals surface area contributed by atoms with E-state index >= 15 is 0 Å². The molecule has 2 aromatic rings. The Kier molecular flexibility index (Phi) is 4.98. The van der Waals surface area contributed by atoms with Gasteiger partial charge < -0.3 is 9.64 Å². The first-order valence-corrected chi connectivity index (χ1v) is 8.35. The van der Waals surface area contributed by atoms with E-state index in [1.165, 1.54) is 0 Å². The van der Waals surface area contributed by atoms with Crippen LogP contribution < -0.4 is 4.74 Å². The summed E-state index contributed by atoms with van der Waals surface area (Å²) in [4.78, 5) is 18.7. The van der Waals surface area contributed by atoms with Gasteiger partial charge in [0.15, 0.2) is 0 Å². The van der Waals surface area contributed by atoms with Gasteiger partial charge in [0, 0.05) is 38.3 Å². The van der Waals surface area contributed by atoms with Gasteiger partial charge in [-0.15, -0.1) is 0 Å². The van der Waals surface area contributed by atoms with Crippen molar-refractivity contribution in [2.45, 2.75) is 19.8 Å². The SMILES string of the molecule is Cc1cc(C(=O)N2CCCC(COc3cc(C#N)ccn3)C2)n(C)n1. The van der Waals surface area contributed by atoms with Crippen molar-refractivity contribution in [3.8, 4) is 11.9 Å². The Balaban J connectivity index is 1.60. The van der Waals surface area contributed by atoms with Crippen LogP contribution in [0.4, 0.5) is 0 Å². The quantitative estimate of drug-likeness (QED) is 0.850. The Labute approximate surface area is 146 Å². The Bertz CT molecular complexity index is 808. The first-order valence-electron chi connectivity index (χ1n) is 8.35. The van der Waals surface area contributed by atoms with Crippen molar-refractivity contribution in [2.75, 3.05) is 19.7 Å². The molecule has 0 bridgehead atoms. The number of aromatic nitrogens is 3. The normalized spacial score (nSPS) is 17.2. The molecule has 0 aromatic carbocycles. The second kappa shape index (κ2) is 7.34. The second-order valence-corrected chi connectivity index (χ2v) is 6.36. The Morgan fingerprint density at radius 1 is 1.48 bits per heavy atom. The molecule has 1 unspecified atom stereocenters. The molecular formula is C18H21N5O2. The number of hydrogen-bond acceptors (Lipinski definition) is 5. The number of rotatable bonds is 4. The fourth-order valence-corrected chi connectivity index (χ4v) is 3.12. The molecule has 1 atom stereocenters. The van der Waals surface area contributed by atoms with Gasteiger partial charge in [0.2, 0.25) is 5.88 Å². The van der Waals surface area contributed by atoms with E-state index in [1.807, 2.05) is 17.9 Å². The van der Waals surface area contributed by atoms with Gasteiger partial charge in [0.1, 0.15) is 5.69 Å². The number of likely N-dealkylation sites (tertiary alicyclic amines) is 1. The van der Waals surface area contributed by atoms with Gasteiger partial charge in [0.25, 0.3) is 5.91 Å². The lowest BCUT2D eigenvalue weighted by atomic mass is 9.98. The summed E-state index contributed by atoms with van der Waals surface area (Å²) in [6.45, 7) is 3.77. The number of carbonyl (C=O) groups excluding carboxylic acids is 1. The van der Waals surface area contributed by atoms with Crippen LogP contribution in [0.1, 0.15) is 34.6 Å². The third-order valence-corrected chi connectivity index (χ3v) is 4.36. The minimum Gasteiger partial charge on any atom is -0.477 e. The molecule has 130 valence electrons. The molecule has 1 aliphatic rings. The van der Waals surface area contributed by atoms with Crippen LogP contribution in [0, 0.1) is 24.2 Å². The molecule has 1 amide bonds. The summed E-state index contributed by atoms with van der Waals surface area (Å²) in [5.41, 5.74) is 1.98. The molecule has 25 heavy (non-hydrogen) atoms. The summed E-state index contributed by atoms with van der Waals surface area (Å²) < 4.78 is 7.37. The van der Waals surface area contributed by atoms with E-state index < -0.39 is 0 Å². The van der Waals surface area contributed by atoms with Crippen molar-refractivity contribution in [3.63, 3.8) is 0 Å². The maximum absolute atomic E-state index is 12.7. The molecule has 7 nitrogen and oxygen atoms in total. The molecule has 0 saturated carbocycles. The van der Waals surface area contributed by atoms with Crippen LogP contribution in [0.25, 0.3) is 0 Å². The monoisotopic (exact) mass is 339 g/mol. The van der Waals surface area contributed by atoms with Gasteiger partial charge in [-0.25, -0.2) is 4.98 Å². The number of hydrogen-bond donors (Lipinski definition) is 0. The molecule has 1 saturated heterocycles. The first kappa shape index (κ1) is 17.0. The summed E-state index contributed by atoms with van der Waals surface area (Å²) in [6.07, 6.45) is 3.52. The van der Waals surface area contributed by atoms with Gasteiger partial charge in [-0.05, 0) is 31.9 Å². The lowest BCUT2D eigenvalue weighted by Crippen LogP contribution is -2.42. The fraction of sp³-hybridized carbons (Fsp3) is 0.444. The Hall–Kier alpha value is -2.88. The van der Waals surface area contributed by atoms with E-state index in [2.05, 4.69) is 16.2 Å². The number of amides is 1. The first-order chi connectivity index (χ1) is 12.1. The molecule has 0 N–H and O–H groups in total. The predicted octanol–water partition coefficient (Wildman–Crippen LogP) is 1.93. The number of pyridine rings is 1.